The first kappa shape index (κ1) is 14.1. The smallest absolute Gasteiger partial charge is 0.169 e. The fourth-order valence-electron chi connectivity index (χ4n) is 3.39. The van der Waals surface area contributed by atoms with E-state index in [1.165, 1.54) is 18.5 Å². The summed E-state index contributed by atoms with van der Waals surface area (Å²) in [4.78, 5) is 18.3. The van der Waals surface area contributed by atoms with Crippen LogP contribution in [-0.4, -0.2) is 23.9 Å². The minimum Gasteiger partial charge on any atom is -0.371 e. The van der Waals surface area contributed by atoms with Crippen LogP contribution in [0.1, 0.15) is 28.8 Å². The van der Waals surface area contributed by atoms with E-state index in [-0.39, 0.29) is 5.78 Å². The summed E-state index contributed by atoms with van der Waals surface area (Å²) in [6.07, 6.45) is 4.83. The Labute approximate surface area is 135 Å². The topological polar surface area (TPSA) is 36.1 Å². The molecule has 3 aromatic rings. The second-order valence-corrected chi connectivity index (χ2v) is 6.21. The molecule has 0 aliphatic carbocycles. The van der Waals surface area contributed by atoms with Crippen LogP contribution >= 0.6 is 0 Å². The van der Waals surface area contributed by atoms with E-state index in [9.17, 15) is 4.79 Å². The minimum atomic E-state index is 0.163. The van der Waals surface area contributed by atoms with Gasteiger partial charge in [0.15, 0.2) is 5.78 Å². The molecule has 23 heavy (non-hydrogen) atoms. The molecule has 2 aromatic carbocycles. The number of nitrogens with zero attached hydrogens (tertiary/aromatic N) is 1. The van der Waals surface area contributed by atoms with Crippen LogP contribution in [0.3, 0.4) is 0 Å². The van der Waals surface area contributed by atoms with Crippen LogP contribution in [0.25, 0.3) is 10.9 Å². The van der Waals surface area contributed by atoms with Gasteiger partial charge in [-0.25, -0.2) is 0 Å². The van der Waals surface area contributed by atoms with Gasteiger partial charge in [-0.05, 0) is 30.5 Å². The van der Waals surface area contributed by atoms with Gasteiger partial charge >= 0.3 is 0 Å². The molecule has 1 N–H and O–H groups in total. The molecule has 1 fully saturated rings. The van der Waals surface area contributed by atoms with Crippen LogP contribution in [0, 0.1) is 0 Å². The maximum absolute atomic E-state index is 12.6. The second-order valence-electron chi connectivity index (χ2n) is 6.21. The number of hydrogen-bond donors (Lipinski definition) is 1. The van der Waals surface area contributed by atoms with Gasteiger partial charge in [-0.1, -0.05) is 36.4 Å². The molecule has 0 spiro atoms. The van der Waals surface area contributed by atoms with E-state index in [0.29, 0.717) is 6.42 Å². The van der Waals surface area contributed by atoms with Crippen molar-refractivity contribution < 1.29 is 4.79 Å². The number of ketones is 1. The first-order valence-corrected chi connectivity index (χ1v) is 8.24. The van der Waals surface area contributed by atoms with Gasteiger partial charge in [0.25, 0.3) is 0 Å². The van der Waals surface area contributed by atoms with Gasteiger partial charge in [-0.2, -0.15) is 0 Å². The molecule has 1 aromatic heterocycles. The van der Waals surface area contributed by atoms with E-state index in [1.54, 1.807) is 0 Å². The lowest BCUT2D eigenvalue weighted by molar-refractivity contribution is 0.0994. The molecule has 4 rings (SSSR count). The molecule has 116 valence electrons. The van der Waals surface area contributed by atoms with Crippen LogP contribution in [0.5, 0.6) is 0 Å². The van der Waals surface area contributed by atoms with Gasteiger partial charge in [0, 0.05) is 47.9 Å². The van der Waals surface area contributed by atoms with Crippen molar-refractivity contribution in [1.82, 2.24) is 4.98 Å². The number of aromatic amines is 1. The van der Waals surface area contributed by atoms with Crippen LogP contribution in [0.15, 0.2) is 54.7 Å². The maximum atomic E-state index is 12.6. The van der Waals surface area contributed by atoms with E-state index >= 15 is 0 Å². The van der Waals surface area contributed by atoms with E-state index in [2.05, 4.69) is 28.1 Å². The quantitative estimate of drug-likeness (QED) is 0.734. The largest absolute Gasteiger partial charge is 0.371 e. The molecule has 2 heterocycles. The standard InChI is InChI=1S/C20H20N2O/c23-20(12-15-6-2-1-3-7-15)18-14-21-19-13-16(8-9-17(18)19)22-10-4-5-11-22/h1-3,6-9,13-14,21H,4-5,10-12H2. The molecule has 0 amide bonds. The summed E-state index contributed by atoms with van der Waals surface area (Å²) in [5, 5.41) is 1.02. The summed E-state index contributed by atoms with van der Waals surface area (Å²) in [6, 6.07) is 16.3. The zero-order valence-electron chi connectivity index (χ0n) is 13.1. The number of fused-ring (bicyclic) bond motifs is 1. The van der Waals surface area contributed by atoms with Crippen molar-refractivity contribution in [3.05, 3.63) is 65.9 Å². The van der Waals surface area contributed by atoms with Gasteiger partial charge in [0.1, 0.15) is 0 Å². The summed E-state index contributed by atoms with van der Waals surface area (Å²) in [7, 11) is 0. The third kappa shape index (κ3) is 2.74. The summed E-state index contributed by atoms with van der Waals surface area (Å²) < 4.78 is 0. The van der Waals surface area contributed by atoms with Gasteiger partial charge in [-0.3, -0.25) is 4.79 Å². The SMILES string of the molecule is O=C(Cc1ccccc1)c1c[nH]c2cc(N3CCCC3)ccc12. The fourth-order valence-corrected chi connectivity index (χ4v) is 3.39. The molecule has 0 atom stereocenters. The van der Waals surface area contributed by atoms with Crippen molar-refractivity contribution in [1.29, 1.82) is 0 Å². The highest BCUT2D eigenvalue weighted by molar-refractivity contribution is 6.09. The van der Waals surface area contributed by atoms with Crippen LogP contribution in [-0.2, 0) is 6.42 Å². The van der Waals surface area contributed by atoms with Gasteiger partial charge in [0.2, 0.25) is 0 Å². The fraction of sp³-hybridized carbons (Fsp3) is 0.250. The highest BCUT2D eigenvalue weighted by atomic mass is 16.1. The number of Topliss-reactive ketones (excluding diaryl/α,β-unsaturated/α-hetero) is 1. The zero-order valence-corrected chi connectivity index (χ0v) is 13.1. The van der Waals surface area contributed by atoms with E-state index < -0.39 is 0 Å². The average Bonchev–Trinajstić information content (AvgIpc) is 3.25. The molecule has 0 bridgehead atoms. The van der Waals surface area contributed by atoms with Gasteiger partial charge in [-0.15, -0.1) is 0 Å². The average molecular weight is 304 g/mol. The highest BCUT2D eigenvalue weighted by Gasteiger charge is 2.16. The summed E-state index contributed by atoms with van der Waals surface area (Å²) in [6.45, 7) is 2.26. The Morgan fingerprint density at radius 3 is 2.61 bits per heavy atom. The van der Waals surface area contributed by atoms with Crippen molar-refractivity contribution >= 4 is 22.4 Å². The molecule has 1 aliphatic heterocycles. The molecular weight excluding hydrogens is 284 g/mol. The van der Waals surface area contributed by atoms with Gasteiger partial charge < -0.3 is 9.88 Å². The predicted molar refractivity (Wildman–Crippen MR) is 94.2 cm³/mol. The number of carbonyl (C=O) groups excluding carboxylic acids is 1. The normalized spacial score (nSPS) is 14.5. The molecular formula is C20H20N2O. The number of hydrogen-bond acceptors (Lipinski definition) is 2. The molecule has 1 saturated heterocycles. The minimum absolute atomic E-state index is 0.163. The molecule has 3 nitrogen and oxygen atoms in total. The number of anilines is 1. The Bertz CT molecular complexity index is 829. The second kappa shape index (κ2) is 5.92. The number of nitrogens with one attached hydrogen (secondary N) is 1. The number of carbonyl (C=O) groups is 1. The van der Waals surface area contributed by atoms with Crippen molar-refractivity contribution in [2.75, 3.05) is 18.0 Å². The van der Waals surface area contributed by atoms with Crippen LogP contribution < -0.4 is 4.90 Å². The Hall–Kier alpha value is -2.55. The van der Waals surface area contributed by atoms with Crippen LogP contribution in [0.2, 0.25) is 0 Å². The molecule has 1 aliphatic rings. The number of benzene rings is 2. The number of H-pyrrole nitrogens is 1. The zero-order chi connectivity index (χ0) is 15.6. The molecule has 3 heteroatoms. The predicted octanol–water partition coefficient (Wildman–Crippen LogP) is 4.19. The van der Waals surface area contributed by atoms with E-state index in [0.717, 1.165) is 35.1 Å². The number of rotatable bonds is 4. The Morgan fingerprint density at radius 1 is 1.04 bits per heavy atom. The summed E-state index contributed by atoms with van der Waals surface area (Å²) in [5.74, 6) is 0.163. The Balaban J connectivity index is 1.62. The first-order chi connectivity index (χ1) is 11.3. The monoisotopic (exact) mass is 304 g/mol. The summed E-state index contributed by atoms with van der Waals surface area (Å²) >= 11 is 0. The van der Waals surface area contributed by atoms with Crippen molar-refractivity contribution in [3.8, 4) is 0 Å². The number of aromatic nitrogens is 1. The lowest BCUT2D eigenvalue weighted by Crippen LogP contribution is -2.17. The first-order valence-electron chi connectivity index (χ1n) is 8.24. The van der Waals surface area contributed by atoms with E-state index in [4.69, 9.17) is 0 Å². The summed E-state index contributed by atoms with van der Waals surface area (Å²) in [5.41, 5.74) is 4.14. The van der Waals surface area contributed by atoms with Crippen molar-refractivity contribution in [3.63, 3.8) is 0 Å². The maximum Gasteiger partial charge on any atom is 0.169 e. The Kier molecular flexibility index (Phi) is 3.62. The third-order valence-electron chi connectivity index (χ3n) is 4.64. The third-order valence-corrected chi connectivity index (χ3v) is 4.64. The lowest BCUT2D eigenvalue weighted by Gasteiger charge is -2.17. The van der Waals surface area contributed by atoms with Crippen LogP contribution in [0.4, 0.5) is 5.69 Å². The lowest BCUT2D eigenvalue weighted by atomic mass is 10.0. The molecule has 0 radical (unpaired) electrons. The Morgan fingerprint density at radius 2 is 1.83 bits per heavy atom. The molecule has 0 saturated carbocycles. The van der Waals surface area contributed by atoms with Crippen molar-refractivity contribution in [2.24, 2.45) is 0 Å². The highest BCUT2D eigenvalue weighted by Crippen LogP contribution is 2.27. The van der Waals surface area contributed by atoms with Crippen molar-refractivity contribution in [2.45, 2.75) is 19.3 Å². The molecule has 0 unspecified atom stereocenters. The van der Waals surface area contributed by atoms with Gasteiger partial charge in [0.05, 0.1) is 0 Å². The van der Waals surface area contributed by atoms with E-state index in [1.807, 2.05) is 36.5 Å².